The number of furan rings is 1. The van der Waals surface area contributed by atoms with Gasteiger partial charge in [0.1, 0.15) is 16.8 Å². The zero-order valence-electron chi connectivity index (χ0n) is 26.1. The van der Waals surface area contributed by atoms with Gasteiger partial charge in [-0.1, -0.05) is 115 Å². The van der Waals surface area contributed by atoms with Crippen LogP contribution in [0.5, 0.6) is 0 Å². The van der Waals surface area contributed by atoms with E-state index in [1.54, 1.807) is 0 Å². The highest BCUT2D eigenvalue weighted by molar-refractivity contribution is 6.36. The Morgan fingerprint density at radius 1 is 0.469 bits per heavy atom. The van der Waals surface area contributed by atoms with Crippen molar-refractivity contribution in [3.8, 4) is 17.2 Å². The van der Waals surface area contributed by atoms with Gasteiger partial charge in [0.25, 0.3) is 0 Å². The van der Waals surface area contributed by atoms with Gasteiger partial charge < -0.3 is 8.82 Å². The van der Waals surface area contributed by atoms with Crippen molar-refractivity contribution in [1.82, 2.24) is 18.9 Å². The van der Waals surface area contributed by atoms with Crippen LogP contribution in [0.2, 0.25) is 0 Å². The SMILES string of the molecule is c1ccc(-c2nc(-n3c4ccccc4c4cc5c6ccccc6n6c7c8ccccc8ccc7c(c43)c56)nc3c2oc2ccccc23)cc1. The van der Waals surface area contributed by atoms with Crippen LogP contribution in [0.3, 0.4) is 0 Å². The summed E-state index contributed by atoms with van der Waals surface area (Å²) in [4.78, 5) is 10.7. The van der Waals surface area contributed by atoms with E-state index in [0.717, 1.165) is 38.8 Å². The Hall–Kier alpha value is -6.72. The fraction of sp³-hybridized carbons (Fsp3) is 0. The number of hydrogen-bond acceptors (Lipinski definition) is 3. The average Bonchev–Trinajstić information content (AvgIpc) is 3.90. The maximum absolute atomic E-state index is 6.48. The largest absolute Gasteiger partial charge is 0.452 e. The smallest absolute Gasteiger partial charge is 0.236 e. The van der Waals surface area contributed by atoms with Crippen LogP contribution < -0.4 is 0 Å². The highest BCUT2D eigenvalue weighted by Crippen LogP contribution is 2.48. The van der Waals surface area contributed by atoms with Gasteiger partial charge in [-0.15, -0.1) is 0 Å². The number of fused-ring (bicyclic) bond motifs is 15. The van der Waals surface area contributed by atoms with E-state index in [0.29, 0.717) is 11.5 Å². The number of benzene rings is 7. The van der Waals surface area contributed by atoms with Gasteiger partial charge in [-0.05, 0) is 35.7 Å². The molecule has 7 aromatic carbocycles. The van der Waals surface area contributed by atoms with Gasteiger partial charge in [-0.25, -0.2) is 9.97 Å². The molecule has 0 spiro atoms. The molecule has 5 heterocycles. The van der Waals surface area contributed by atoms with Crippen LogP contribution >= 0.6 is 0 Å². The van der Waals surface area contributed by atoms with Crippen LogP contribution in [0.15, 0.2) is 150 Å². The third-order valence-electron chi connectivity index (χ3n) is 10.4. The van der Waals surface area contributed by atoms with Crippen molar-refractivity contribution >= 4 is 92.7 Å². The van der Waals surface area contributed by atoms with E-state index in [1.807, 2.05) is 36.4 Å². The second-order valence-electron chi connectivity index (χ2n) is 12.9. The molecule has 49 heavy (non-hydrogen) atoms. The lowest BCUT2D eigenvalue weighted by molar-refractivity contribution is 0.666. The quantitative estimate of drug-likeness (QED) is 0.192. The van der Waals surface area contributed by atoms with E-state index in [2.05, 4.69) is 118 Å². The van der Waals surface area contributed by atoms with Gasteiger partial charge in [0.2, 0.25) is 5.95 Å². The molecule has 0 bridgehead atoms. The first-order chi connectivity index (χ1) is 24.3. The fourth-order valence-electron chi connectivity index (χ4n) is 8.44. The molecule has 0 saturated carbocycles. The average molecular weight is 625 g/mol. The topological polar surface area (TPSA) is 48.3 Å². The predicted molar refractivity (Wildman–Crippen MR) is 201 cm³/mol. The Balaban J connectivity index is 1.35. The molecule has 5 aromatic heterocycles. The second kappa shape index (κ2) is 9.00. The zero-order chi connectivity index (χ0) is 31.8. The summed E-state index contributed by atoms with van der Waals surface area (Å²) in [6, 6.07) is 51.6. The molecule has 12 aromatic rings. The minimum Gasteiger partial charge on any atom is -0.452 e. The van der Waals surface area contributed by atoms with E-state index >= 15 is 0 Å². The molecule has 5 nitrogen and oxygen atoms in total. The molecule has 0 amide bonds. The summed E-state index contributed by atoms with van der Waals surface area (Å²) in [5, 5.41) is 10.7. The van der Waals surface area contributed by atoms with Gasteiger partial charge in [-0.3, -0.25) is 4.57 Å². The van der Waals surface area contributed by atoms with Crippen LogP contribution in [0, 0.1) is 0 Å². The van der Waals surface area contributed by atoms with Crippen molar-refractivity contribution in [2.45, 2.75) is 0 Å². The first-order valence-corrected chi connectivity index (χ1v) is 16.6. The summed E-state index contributed by atoms with van der Waals surface area (Å²) < 4.78 is 11.3. The third-order valence-corrected chi connectivity index (χ3v) is 10.4. The summed E-state index contributed by atoms with van der Waals surface area (Å²) in [5.74, 6) is 0.622. The molecule has 0 aliphatic heterocycles. The molecule has 5 heteroatoms. The van der Waals surface area contributed by atoms with Crippen molar-refractivity contribution in [3.63, 3.8) is 0 Å². The summed E-state index contributed by atoms with van der Waals surface area (Å²) in [5.41, 5.74) is 9.91. The molecular formula is C44H24N4O. The molecule has 0 fully saturated rings. The van der Waals surface area contributed by atoms with E-state index in [9.17, 15) is 0 Å². The van der Waals surface area contributed by atoms with E-state index in [1.165, 1.54) is 59.6 Å². The number of hydrogen-bond donors (Lipinski definition) is 0. The number of aromatic nitrogens is 4. The van der Waals surface area contributed by atoms with E-state index in [4.69, 9.17) is 14.4 Å². The molecule has 0 aliphatic rings. The minimum atomic E-state index is 0.622. The van der Waals surface area contributed by atoms with Gasteiger partial charge in [0.15, 0.2) is 5.58 Å². The van der Waals surface area contributed by atoms with Gasteiger partial charge in [-0.2, -0.15) is 0 Å². The monoisotopic (exact) mass is 624 g/mol. The van der Waals surface area contributed by atoms with Crippen LogP contribution in [-0.4, -0.2) is 18.9 Å². The molecule has 12 rings (SSSR count). The lowest BCUT2D eigenvalue weighted by Gasteiger charge is -2.10. The highest BCUT2D eigenvalue weighted by atomic mass is 16.3. The van der Waals surface area contributed by atoms with Crippen LogP contribution in [0.4, 0.5) is 0 Å². The Morgan fingerprint density at radius 3 is 2.00 bits per heavy atom. The van der Waals surface area contributed by atoms with Crippen LogP contribution in [-0.2, 0) is 0 Å². The second-order valence-corrected chi connectivity index (χ2v) is 12.9. The summed E-state index contributed by atoms with van der Waals surface area (Å²) in [6.07, 6.45) is 0. The van der Waals surface area contributed by atoms with Gasteiger partial charge >= 0.3 is 0 Å². The Morgan fingerprint density at radius 2 is 1.14 bits per heavy atom. The Bertz CT molecular complexity index is 3330. The highest BCUT2D eigenvalue weighted by Gasteiger charge is 2.27. The molecular weight excluding hydrogens is 601 g/mol. The minimum absolute atomic E-state index is 0.622. The molecule has 226 valence electrons. The Labute approximate surface area is 278 Å². The first-order valence-electron chi connectivity index (χ1n) is 16.6. The molecule has 0 N–H and O–H groups in total. The summed E-state index contributed by atoms with van der Waals surface area (Å²) >= 11 is 0. The van der Waals surface area contributed by atoms with Crippen molar-refractivity contribution in [3.05, 3.63) is 146 Å². The zero-order valence-corrected chi connectivity index (χ0v) is 26.1. The summed E-state index contributed by atoms with van der Waals surface area (Å²) in [6.45, 7) is 0. The standard InChI is InChI=1S/C44H24N4O/c1-2-13-26(14-3-1)38-43-39(30-18-8-11-21-36(30)49-43)46-44(45-38)48-35-20-10-7-17-29(35)33-24-32-28-16-6-9-19-34(28)47-40-27-15-5-4-12-25(27)22-23-31(40)37(41(32)47)42(33)48/h1-24H. The van der Waals surface area contributed by atoms with Gasteiger partial charge in [0, 0.05) is 48.7 Å². The molecule has 0 aliphatic carbocycles. The molecule has 0 atom stereocenters. The normalized spacial score (nSPS) is 12.5. The maximum atomic E-state index is 6.48. The predicted octanol–water partition coefficient (Wildman–Crippen LogP) is 11.4. The van der Waals surface area contributed by atoms with Crippen molar-refractivity contribution in [1.29, 1.82) is 0 Å². The van der Waals surface area contributed by atoms with Crippen molar-refractivity contribution in [2.75, 3.05) is 0 Å². The lowest BCUT2D eigenvalue weighted by atomic mass is 10.0. The van der Waals surface area contributed by atoms with Crippen molar-refractivity contribution in [2.24, 2.45) is 0 Å². The van der Waals surface area contributed by atoms with Crippen LogP contribution in [0.25, 0.3) is 110 Å². The molecule has 0 radical (unpaired) electrons. The van der Waals surface area contributed by atoms with Gasteiger partial charge in [0.05, 0.1) is 27.6 Å². The Kier molecular flexibility index (Phi) is 4.66. The number of para-hydroxylation sites is 3. The number of rotatable bonds is 2. The lowest BCUT2D eigenvalue weighted by Crippen LogP contribution is -2.03. The maximum Gasteiger partial charge on any atom is 0.236 e. The van der Waals surface area contributed by atoms with E-state index in [-0.39, 0.29) is 0 Å². The fourth-order valence-corrected chi connectivity index (χ4v) is 8.44. The van der Waals surface area contributed by atoms with Crippen molar-refractivity contribution < 1.29 is 4.42 Å². The first kappa shape index (κ1) is 25.4. The van der Waals surface area contributed by atoms with Crippen LogP contribution in [0.1, 0.15) is 0 Å². The van der Waals surface area contributed by atoms with E-state index < -0.39 is 0 Å². The molecule has 0 saturated heterocycles. The summed E-state index contributed by atoms with van der Waals surface area (Å²) in [7, 11) is 0. The number of nitrogens with zero attached hydrogens (tertiary/aromatic N) is 4. The third kappa shape index (κ3) is 3.15. The molecule has 0 unspecified atom stereocenters.